The molecule has 0 saturated carbocycles. The van der Waals surface area contributed by atoms with Crippen molar-refractivity contribution in [2.75, 3.05) is 26.2 Å². The van der Waals surface area contributed by atoms with Crippen LogP contribution in [-0.2, 0) is 0 Å². The summed E-state index contributed by atoms with van der Waals surface area (Å²) in [5, 5.41) is 9.00. The third-order valence-corrected chi connectivity index (χ3v) is 3.34. The second-order valence-electron chi connectivity index (χ2n) is 5.46. The van der Waals surface area contributed by atoms with Gasteiger partial charge in [0, 0.05) is 12.1 Å². The van der Waals surface area contributed by atoms with Crippen LogP contribution < -0.4 is 5.73 Å². The van der Waals surface area contributed by atoms with Crippen molar-refractivity contribution >= 4 is 0 Å². The summed E-state index contributed by atoms with van der Waals surface area (Å²) in [4.78, 5) is 2.54. The number of nitrogens with zero attached hydrogens (tertiary/aromatic N) is 1. The Morgan fingerprint density at radius 1 is 1.47 bits per heavy atom. The maximum Gasteiger partial charge on any atom is 0.0608 e. The molecule has 15 heavy (non-hydrogen) atoms. The number of likely N-dealkylation sites (tertiary alicyclic amines) is 1. The van der Waals surface area contributed by atoms with Gasteiger partial charge in [0.2, 0.25) is 0 Å². The van der Waals surface area contributed by atoms with Crippen LogP contribution in [0.3, 0.4) is 0 Å². The van der Waals surface area contributed by atoms with E-state index in [4.69, 9.17) is 10.8 Å². The highest BCUT2D eigenvalue weighted by atomic mass is 16.3. The summed E-state index contributed by atoms with van der Waals surface area (Å²) in [5.74, 6) is 0.877. The maximum absolute atomic E-state index is 9.00. The molecule has 1 aliphatic rings. The lowest BCUT2D eigenvalue weighted by Gasteiger charge is -2.22. The van der Waals surface area contributed by atoms with Crippen LogP contribution in [0.15, 0.2) is 0 Å². The minimum absolute atomic E-state index is 0.0910. The van der Waals surface area contributed by atoms with Crippen molar-refractivity contribution in [3.05, 3.63) is 0 Å². The lowest BCUT2D eigenvalue weighted by molar-refractivity contribution is 0.195. The first-order valence-corrected chi connectivity index (χ1v) is 6.15. The van der Waals surface area contributed by atoms with E-state index >= 15 is 0 Å². The Morgan fingerprint density at radius 2 is 2.20 bits per heavy atom. The van der Waals surface area contributed by atoms with Gasteiger partial charge in [0.1, 0.15) is 0 Å². The molecule has 0 radical (unpaired) electrons. The van der Waals surface area contributed by atoms with Crippen LogP contribution in [0.5, 0.6) is 0 Å². The summed E-state index contributed by atoms with van der Waals surface area (Å²) in [6.45, 7) is 8.06. The first-order chi connectivity index (χ1) is 7.03. The molecule has 0 aliphatic carbocycles. The Morgan fingerprint density at radius 3 is 2.73 bits per heavy atom. The largest absolute Gasteiger partial charge is 0.394 e. The molecule has 1 saturated heterocycles. The first kappa shape index (κ1) is 12.9. The van der Waals surface area contributed by atoms with Crippen LogP contribution in [0, 0.1) is 5.92 Å². The molecule has 0 amide bonds. The Balaban J connectivity index is 2.02. The fraction of sp³-hybridized carbons (Fsp3) is 1.00. The van der Waals surface area contributed by atoms with Crippen molar-refractivity contribution < 1.29 is 5.11 Å². The van der Waals surface area contributed by atoms with Crippen LogP contribution >= 0.6 is 0 Å². The van der Waals surface area contributed by atoms with Crippen LogP contribution in [0.2, 0.25) is 0 Å². The molecule has 0 bridgehead atoms. The van der Waals surface area contributed by atoms with Crippen molar-refractivity contribution in [2.45, 2.75) is 45.1 Å². The topological polar surface area (TPSA) is 49.5 Å². The molecule has 1 rings (SSSR count). The average molecular weight is 214 g/mol. The van der Waals surface area contributed by atoms with E-state index in [0.717, 1.165) is 18.8 Å². The van der Waals surface area contributed by atoms with Gasteiger partial charge in [-0.15, -0.1) is 0 Å². The number of unbranched alkanes of at least 4 members (excludes halogenated alkanes) is 1. The molecule has 3 N–H and O–H groups in total. The number of rotatable bonds is 6. The van der Waals surface area contributed by atoms with Gasteiger partial charge in [-0.1, -0.05) is 13.3 Å². The number of hydrogen-bond donors (Lipinski definition) is 2. The smallest absolute Gasteiger partial charge is 0.0608 e. The normalized spacial score (nSPS) is 26.8. The van der Waals surface area contributed by atoms with Crippen LogP contribution in [0.4, 0.5) is 0 Å². The second-order valence-corrected chi connectivity index (χ2v) is 5.46. The average Bonchev–Trinajstić information content (AvgIpc) is 2.59. The Labute approximate surface area is 93.6 Å². The molecule has 0 aromatic heterocycles. The van der Waals surface area contributed by atoms with Crippen molar-refractivity contribution in [2.24, 2.45) is 11.7 Å². The molecular formula is C12H26N2O. The monoisotopic (exact) mass is 214 g/mol. The molecule has 3 nitrogen and oxygen atoms in total. The van der Waals surface area contributed by atoms with Crippen molar-refractivity contribution in [3.63, 3.8) is 0 Å². The van der Waals surface area contributed by atoms with E-state index in [0.29, 0.717) is 0 Å². The van der Waals surface area contributed by atoms with Gasteiger partial charge in [-0.3, -0.25) is 0 Å². The highest BCUT2D eigenvalue weighted by Gasteiger charge is 2.19. The second kappa shape index (κ2) is 5.83. The third kappa shape index (κ3) is 4.96. The number of aliphatic hydroxyl groups excluding tert-OH is 1. The van der Waals surface area contributed by atoms with Gasteiger partial charge < -0.3 is 15.7 Å². The number of hydrogen-bond acceptors (Lipinski definition) is 3. The zero-order chi connectivity index (χ0) is 11.3. The van der Waals surface area contributed by atoms with E-state index in [1.807, 2.05) is 6.92 Å². The molecule has 0 aromatic carbocycles. The summed E-state index contributed by atoms with van der Waals surface area (Å²) in [6, 6.07) is 0. The summed E-state index contributed by atoms with van der Waals surface area (Å²) in [5.41, 5.74) is 5.49. The molecule has 1 aliphatic heterocycles. The minimum Gasteiger partial charge on any atom is -0.394 e. The molecule has 2 unspecified atom stereocenters. The minimum atomic E-state index is -0.377. The van der Waals surface area contributed by atoms with E-state index in [1.165, 1.54) is 32.5 Å². The maximum atomic E-state index is 9.00. The fourth-order valence-corrected chi connectivity index (χ4v) is 2.17. The summed E-state index contributed by atoms with van der Waals surface area (Å²) >= 11 is 0. The lowest BCUT2D eigenvalue weighted by atomic mass is 9.97. The van der Waals surface area contributed by atoms with Gasteiger partial charge >= 0.3 is 0 Å². The molecule has 1 heterocycles. The first-order valence-electron chi connectivity index (χ1n) is 6.15. The number of nitrogens with two attached hydrogens (primary N) is 1. The Kier molecular flexibility index (Phi) is 5.03. The lowest BCUT2D eigenvalue weighted by Crippen LogP contribution is -2.40. The standard InChI is InChI=1S/C12H26N2O/c1-11-5-8-14(9-11)7-4-3-6-12(2,13)10-15/h11,15H,3-10,13H2,1-2H3. The van der Waals surface area contributed by atoms with Crippen molar-refractivity contribution in [1.82, 2.24) is 4.90 Å². The van der Waals surface area contributed by atoms with Gasteiger partial charge in [-0.2, -0.15) is 0 Å². The predicted octanol–water partition coefficient (Wildman–Crippen LogP) is 1.21. The zero-order valence-electron chi connectivity index (χ0n) is 10.2. The van der Waals surface area contributed by atoms with E-state index in [9.17, 15) is 0 Å². The van der Waals surface area contributed by atoms with Gasteiger partial charge in [-0.05, 0) is 45.2 Å². The quantitative estimate of drug-likeness (QED) is 0.653. The van der Waals surface area contributed by atoms with Gasteiger partial charge in [0.05, 0.1) is 6.61 Å². The summed E-state index contributed by atoms with van der Waals surface area (Å²) in [6.07, 6.45) is 4.61. The van der Waals surface area contributed by atoms with Crippen molar-refractivity contribution in [3.8, 4) is 0 Å². The molecule has 1 fully saturated rings. The van der Waals surface area contributed by atoms with Crippen molar-refractivity contribution in [1.29, 1.82) is 0 Å². The highest BCUT2D eigenvalue weighted by Crippen LogP contribution is 2.16. The molecule has 0 spiro atoms. The fourth-order valence-electron chi connectivity index (χ4n) is 2.17. The summed E-state index contributed by atoms with van der Waals surface area (Å²) < 4.78 is 0. The Hall–Kier alpha value is -0.120. The van der Waals surface area contributed by atoms with E-state index in [-0.39, 0.29) is 12.1 Å². The number of aliphatic hydroxyl groups is 1. The van der Waals surface area contributed by atoms with E-state index < -0.39 is 0 Å². The molecule has 0 aromatic rings. The zero-order valence-corrected chi connectivity index (χ0v) is 10.2. The van der Waals surface area contributed by atoms with Gasteiger partial charge in [0.25, 0.3) is 0 Å². The molecule has 90 valence electrons. The van der Waals surface area contributed by atoms with Crippen LogP contribution in [-0.4, -0.2) is 41.8 Å². The van der Waals surface area contributed by atoms with Gasteiger partial charge in [0.15, 0.2) is 0 Å². The highest BCUT2D eigenvalue weighted by molar-refractivity contribution is 4.77. The van der Waals surface area contributed by atoms with Crippen LogP contribution in [0.25, 0.3) is 0 Å². The third-order valence-electron chi connectivity index (χ3n) is 3.34. The predicted molar refractivity (Wildman–Crippen MR) is 63.8 cm³/mol. The van der Waals surface area contributed by atoms with E-state index in [1.54, 1.807) is 0 Å². The Bertz CT molecular complexity index is 182. The van der Waals surface area contributed by atoms with Crippen LogP contribution in [0.1, 0.15) is 39.5 Å². The SMILES string of the molecule is CC1CCN(CCCCC(C)(N)CO)C1. The molecule has 2 atom stereocenters. The molecule has 3 heteroatoms. The van der Waals surface area contributed by atoms with E-state index in [2.05, 4.69) is 11.8 Å². The summed E-state index contributed by atoms with van der Waals surface area (Å²) in [7, 11) is 0. The molecular weight excluding hydrogens is 188 g/mol. The van der Waals surface area contributed by atoms with Gasteiger partial charge in [-0.25, -0.2) is 0 Å².